The Kier molecular flexibility index (Phi) is 4.06. The summed E-state index contributed by atoms with van der Waals surface area (Å²) in [6.45, 7) is 3.35. The van der Waals surface area contributed by atoms with Gasteiger partial charge in [0.25, 0.3) is 0 Å². The first-order chi connectivity index (χ1) is 8.72. The fourth-order valence-corrected chi connectivity index (χ4v) is 2.26. The van der Waals surface area contributed by atoms with Crippen LogP contribution in [0.15, 0.2) is 24.3 Å². The summed E-state index contributed by atoms with van der Waals surface area (Å²) in [5, 5.41) is 9.28. The fourth-order valence-electron chi connectivity index (χ4n) is 1.60. The number of nitrogens with two attached hydrogens (primary N) is 1. The highest BCUT2D eigenvalue weighted by Crippen LogP contribution is 2.21. The number of nitrogens with one attached hydrogen (secondary N) is 1. The Bertz CT molecular complexity index is 516. The first-order valence-electron chi connectivity index (χ1n) is 5.52. The SMILES string of the molecule is CCN(Cc1nnc(NN)s1)c1cccc(F)c1. The lowest BCUT2D eigenvalue weighted by atomic mass is 10.3. The van der Waals surface area contributed by atoms with Crippen molar-refractivity contribution in [3.63, 3.8) is 0 Å². The monoisotopic (exact) mass is 267 g/mol. The van der Waals surface area contributed by atoms with Crippen molar-refractivity contribution >= 4 is 22.2 Å². The number of halogens is 1. The molecule has 7 heteroatoms. The Hall–Kier alpha value is -1.73. The molecule has 0 amide bonds. The zero-order valence-electron chi connectivity index (χ0n) is 9.93. The number of nitrogen functional groups attached to an aromatic ring is 1. The van der Waals surface area contributed by atoms with Crippen molar-refractivity contribution in [2.24, 2.45) is 5.84 Å². The van der Waals surface area contributed by atoms with Crippen LogP contribution in [0.2, 0.25) is 0 Å². The van der Waals surface area contributed by atoms with E-state index in [-0.39, 0.29) is 5.82 Å². The summed E-state index contributed by atoms with van der Waals surface area (Å²) in [6.07, 6.45) is 0. The minimum absolute atomic E-state index is 0.243. The van der Waals surface area contributed by atoms with Gasteiger partial charge in [0.2, 0.25) is 5.13 Å². The molecule has 0 bridgehead atoms. The van der Waals surface area contributed by atoms with Crippen molar-refractivity contribution in [3.05, 3.63) is 35.1 Å². The topological polar surface area (TPSA) is 67.1 Å². The summed E-state index contributed by atoms with van der Waals surface area (Å²) >= 11 is 1.38. The van der Waals surface area contributed by atoms with Crippen LogP contribution in [-0.4, -0.2) is 16.7 Å². The first kappa shape index (κ1) is 12.7. The molecule has 0 fully saturated rings. The van der Waals surface area contributed by atoms with Gasteiger partial charge in [-0.3, -0.25) is 5.43 Å². The highest BCUT2D eigenvalue weighted by atomic mass is 32.1. The second kappa shape index (κ2) is 5.74. The van der Waals surface area contributed by atoms with Crippen LogP contribution in [0, 0.1) is 5.82 Å². The number of benzene rings is 1. The van der Waals surface area contributed by atoms with Crippen molar-refractivity contribution in [2.75, 3.05) is 16.9 Å². The molecule has 2 aromatic rings. The molecule has 1 aromatic carbocycles. The van der Waals surface area contributed by atoms with Crippen LogP contribution in [-0.2, 0) is 6.54 Å². The van der Waals surface area contributed by atoms with E-state index in [4.69, 9.17) is 5.84 Å². The zero-order valence-corrected chi connectivity index (χ0v) is 10.7. The Morgan fingerprint density at radius 1 is 1.44 bits per heavy atom. The Morgan fingerprint density at radius 2 is 2.28 bits per heavy atom. The summed E-state index contributed by atoms with van der Waals surface area (Å²) in [5.74, 6) is 5.01. The molecule has 18 heavy (non-hydrogen) atoms. The molecular weight excluding hydrogens is 253 g/mol. The molecule has 0 atom stereocenters. The van der Waals surface area contributed by atoms with Crippen molar-refractivity contribution < 1.29 is 4.39 Å². The number of aromatic nitrogens is 2. The van der Waals surface area contributed by atoms with Crippen LogP contribution < -0.4 is 16.2 Å². The molecule has 96 valence electrons. The normalized spacial score (nSPS) is 10.4. The number of hydrazine groups is 1. The van der Waals surface area contributed by atoms with Crippen molar-refractivity contribution in [1.29, 1.82) is 0 Å². The van der Waals surface area contributed by atoms with Crippen molar-refractivity contribution in [3.8, 4) is 0 Å². The van der Waals surface area contributed by atoms with Gasteiger partial charge in [0, 0.05) is 12.2 Å². The predicted octanol–water partition coefficient (Wildman–Crippen LogP) is 1.99. The summed E-state index contributed by atoms with van der Waals surface area (Å²) in [5.41, 5.74) is 3.28. The average molecular weight is 267 g/mol. The number of hydrogen-bond donors (Lipinski definition) is 2. The van der Waals surface area contributed by atoms with E-state index in [1.54, 1.807) is 6.07 Å². The first-order valence-corrected chi connectivity index (χ1v) is 6.34. The predicted molar refractivity (Wildman–Crippen MR) is 70.8 cm³/mol. The largest absolute Gasteiger partial charge is 0.365 e. The van der Waals surface area contributed by atoms with Gasteiger partial charge in [-0.05, 0) is 25.1 Å². The quantitative estimate of drug-likeness (QED) is 0.640. The van der Waals surface area contributed by atoms with Gasteiger partial charge in [-0.15, -0.1) is 10.2 Å². The summed E-state index contributed by atoms with van der Waals surface area (Å²) in [7, 11) is 0. The van der Waals surface area contributed by atoms with E-state index in [2.05, 4.69) is 15.6 Å². The lowest BCUT2D eigenvalue weighted by Crippen LogP contribution is -2.21. The van der Waals surface area contributed by atoms with Gasteiger partial charge in [-0.25, -0.2) is 10.2 Å². The molecule has 0 spiro atoms. The molecule has 0 saturated carbocycles. The second-order valence-electron chi connectivity index (χ2n) is 3.64. The molecule has 0 aliphatic rings. The molecule has 5 nitrogen and oxygen atoms in total. The smallest absolute Gasteiger partial charge is 0.219 e. The van der Waals surface area contributed by atoms with E-state index in [1.807, 2.05) is 17.9 Å². The van der Waals surface area contributed by atoms with Crippen LogP contribution in [0.5, 0.6) is 0 Å². The van der Waals surface area contributed by atoms with E-state index in [0.717, 1.165) is 17.2 Å². The third kappa shape index (κ3) is 2.93. The molecule has 0 saturated heterocycles. The minimum Gasteiger partial charge on any atom is -0.365 e. The zero-order chi connectivity index (χ0) is 13.0. The average Bonchev–Trinajstić information content (AvgIpc) is 2.83. The molecule has 3 N–H and O–H groups in total. The number of nitrogens with zero attached hydrogens (tertiary/aromatic N) is 3. The second-order valence-corrected chi connectivity index (χ2v) is 4.70. The van der Waals surface area contributed by atoms with Crippen molar-refractivity contribution in [1.82, 2.24) is 10.2 Å². The molecular formula is C11H14FN5S. The van der Waals surface area contributed by atoms with Crippen LogP contribution in [0.4, 0.5) is 15.2 Å². The molecule has 0 unspecified atom stereocenters. The number of rotatable bonds is 5. The third-order valence-corrected chi connectivity index (χ3v) is 3.31. The van der Waals surface area contributed by atoms with Gasteiger partial charge in [0.05, 0.1) is 6.54 Å². The molecule has 2 rings (SSSR count). The van der Waals surface area contributed by atoms with E-state index in [1.165, 1.54) is 23.5 Å². The number of hydrogen-bond acceptors (Lipinski definition) is 6. The molecule has 1 aromatic heterocycles. The highest BCUT2D eigenvalue weighted by molar-refractivity contribution is 7.15. The fraction of sp³-hybridized carbons (Fsp3) is 0.273. The van der Waals surface area contributed by atoms with Crippen molar-refractivity contribution in [2.45, 2.75) is 13.5 Å². The standard InChI is InChI=1S/C11H14FN5S/c1-2-17(9-5-3-4-8(12)6-9)7-10-15-16-11(14-13)18-10/h3-6H,2,7,13H2,1H3,(H,14,16). The third-order valence-electron chi connectivity index (χ3n) is 2.47. The summed E-state index contributed by atoms with van der Waals surface area (Å²) in [4.78, 5) is 2.02. The van der Waals surface area contributed by atoms with Crippen LogP contribution in [0.25, 0.3) is 0 Å². The lowest BCUT2D eigenvalue weighted by molar-refractivity contribution is 0.626. The molecule has 0 aliphatic carbocycles. The maximum absolute atomic E-state index is 13.2. The van der Waals surface area contributed by atoms with Gasteiger partial charge in [0.1, 0.15) is 10.8 Å². The van der Waals surface area contributed by atoms with Gasteiger partial charge in [-0.2, -0.15) is 0 Å². The van der Waals surface area contributed by atoms with Gasteiger partial charge < -0.3 is 4.90 Å². The van der Waals surface area contributed by atoms with Gasteiger partial charge in [-0.1, -0.05) is 17.4 Å². The van der Waals surface area contributed by atoms with E-state index >= 15 is 0 Å². The van der Waals surface area contributed by atoms with Gasteiger partial charge in [0.15, 0.2) is 0 Å². The van der Waals surface area contributed by atoms with E-state index < -0.39 is 0 Å². The molecule has 0 aliphatic heterocycles. The maximum atomic E-state index is 13.2. The molecule has 1 heterocycles. The van der Waals surface area contributed by atoms with E-state index in [0.29, 0.717) is 11.7 Å². The van der Waals surface area contributed by atoms with Crippen LogP contribution >= 0.6 is 11.3 Å². The maximum Gasteiger partial charge on any atom is 0.219 e. The highest BCUT2D eigenvalue weighted by Gasteiger charge is 2.10. The lowest BCUT2D eigenvalue weighted by Gasteiger charge is -2.21. The Balaban J connectivity index is 2.14. The molecule has 0 radical (unpaired) electrons. The Morgan fingerprint density at radius 3 is 2.89 bits per heavy atom. The van der Waals surface area contributed by atoms with Crippen LogP contribution in [0.1, 0.15) is 11.9 Å². The number of anilines is 2. The van der Waals surface area contributed by atoms with Gasteiger partial charge >= 0.3 is 0 Å². The Labute approximate surface area is 108 Å². The van der Waals surface area contributed by atoms with Crippen LogP contribution in [0.3, 0.4) is 0 Å². The van der Waals surface area contributed by atoms with E-state index in [9.17, 15) is 4.39 Å². The summed E-state index contributed by atoms with van der Waals surface area (Å²) in [6, 6.07) is 6.50. The summed E-state index contributed by atoms with van der Waals surface area (Å²) < 4.78 is 13.2. The minimum atomic E-state index is -0.243.